The summed E-state index contributed by atoms with van der Waals surface area (Å²) in [7, 11) is 0. The van der Waals surface area contributed by atoms with E-state index in [-0.39, 0.29) is 12.5 Å². The van der Waals surface area contributed by atoms with E-state index < -0.39 is 0 Å². The molecule has 0 radical (unpaired) electrons. The molecule has 1 aromatic rings. The standard InChI is InChI=1S/C8H8N4OS/c13-7-5-12(8(14)10-7)11-6-3-1-2-4-9-6/h1-4H,5H2,(H,9,11)(H,10,13,14). The number of carbonyl (C=O) groups is 1. The largest absolute Gasteiger partial charge is 0.300 e. The smallest absolute Gasteiger partial charge is 0.247 e. The van der Waals surface area contributed by atoms with Gasteiger partial charge in [0.15, 0.2) is 5.11 Å². The first-order valence-electron chi connectivity index (χ1n) is 4.05. The number of hydrazine groups is 1. The van der Waals surface area contributed by atoms with Crippen LogP contribution in [0.5, 0.6) is 0 Å². The fraction of sp³-hybridized carbons (Fsp3) is 0.125. The lowest BCUT2D eigenvalue weighted by Gasteiger charge is -2.16. The molecular weight excluding hydrogens is 200 g/mol. The summed E-state index contributed by atoms with van der Waals surface area (Å²) < 4.78 is 0. The van der Waals surface area contributed by atoms with E-state index in [0.717, 1.165) is 0 Å². The van der Waals surface area contributed by atoms with Gasteiger partial charge in [0.2, 0.25) is 5.91 Å². The Hall–Kier alpha value is -1.69. The van der Waals surface area contributed by atoms with Crippen LogP contribution in [0, 0.1) is 0 Å². The van der Waals surface area contributed by atoms with Crippen LogP contribution in [-0.2, 0) is 4.79 Å². The minimum atomic E-state index is -0.113. The van der Waals surface area contributed by atoms with Crippen LogP contribution in [0.4, 0.5) is 5.82 Å². The van der Waals surface area contributed by atoms with Crippen LogP contribution in [0.2, 0.25) is 0 Å². The predicted octanol–water partition coefficient (Wildman–Crippen LogP) is 0.125. The highest BCUT2D eigenvalue weighted by atomic mass is 32.1. The molecule has 0 aliphatic carbocycles. The average Bonchev–Trinajstić information content (AvgIpc) is 2.47. The minimum absolute atomic E-state index is 0.113. The number of amides is 1. The first-order valence-corrected chi connectivity index (χ1v) is 4.45. The van der Waals surface area contributed by atoms with Gasteiger partial charge in [-0.2, -0.15) is 0 Å². The number of hydrogen-bond acceptors (Lipinski definition) is 4. The number of anilines is 1. The summed E-state index contributed by atoms with van der Waals surface area (Å²) in [6.45, 7) is 0.218. The van der Waals surface area contributed by atoms with Crippen molar-refractivity contribution in [3.63, 3.8) is 0 Å². The van der Waals surface area contributed by atoms with Gasteiger partial charge in [-0.05, 0) is 24.4 Å². The Labute approximate surface area is 86.1 Å². The van der Waals surface area contributed by atoms with E-state index in [9.17, 15) is 4.79 Å². The number of aromatic nitrogens is 1. The SMILES string of the molecule is O=C1CN(Nc2ccccn2)C(=S)N1. The fourth-order valence-corrected chi connectivity index (χ4v) is 1.32. The molecule has 1 aliphatic heterocycles. The predicted molar refractivity (Wildman–Crippen MR) is 55.3 cm³/mol. The maximum atomic E-state index is 11.0. The van der Waals surface area contributed by atoms with Gasteiger partial charge in [-0.25, -0.2) is 4.98 Å². The second-order valence-corrected chi connectivity index (χ2v) is 3.15. The second kappa shape index (κ2) is 3.59. The summed E-state index contributed by atoms with van der Waals surface area (Å²) in [6, 6.07) is 5.46. The van der Waals surface area contributed by atoms with E-state index in [4.69, 9.17) is 12.2 Å². The Bertz CT molecular complexity index is 367. The molecule has 2 rings (SSSR count). The van der Waals surface area contributed by atoms with Gasteiger partial charge in [0.25, 0.3) is 0 Å². The lowest BCUT2D eigenvalue weighted by Crippen LogP contribution is -2.33. The molecule has 0 aromatic carbocycles. The zero-order valence-corrected chi connectivity index (χ0v) is 8.04. The van der Waals surface area contributed by atoms with Gasteiger partial charge in [-0.3, -0.25) is 20.5 Å². The summed E-state index contributed by atoms with van der Waals surface area (Å²) in [5, 5.41) is 4.43. The molecule has 1 saturated heterocycles. The van der Waals surface area contributed by atoms with E-state index >= 15 is 0 Å². The molecule has 72 valence electrons. The molecule has 0 spiro atoms. The van der Waals surface area contributed by atoms with E-state index in [1.54, 1.807) is 17.3 Å². The van der Waals surface area contributed by atoms with Crippen LogP contribution in [0.3, 0.4) is 0 Å². The van der Waals surface area contributed by atoms with Crippen LogP contribution in [-0.4, -0.2) is 27.6 Å². The Morgan fingerprint density at radius 3 is 3.00 bits per heavy atom. The topological polar surface area (TPSA) is 57.3 Å². The van der Waals surface area contributed by atoms with Gasteiger partial charge in [-0.1, -0.05) is 6.07 Å². The maximum Gasteiger partial charge on any atom is 0.247 e. The molecular formula is C8H8N4OS. The van der Waals surface area contributed by atoms with Crippen molar-refractivity contribution >= 4 is 29.1 Å². The maximum absolute atomic E-state index is 11.0. The first kappa shape index (κ1) is 8.89. The molecule has 5 nitrogen and oxygen atoms in total. The third kappa shape index (κ3) is 1.80. The van der Waals surface area contributed by atoms with Crippen LogP contribution in [0.1, 0.15) is 0 Å². The lowest BCUT2D eigenvalue weighted by atomic mass is 10.5. The molecule has 2 heterocycles. The normalized spacial score (nSPS) is 15.6. The summed E-state index contributed by atoms with van der Waals surface area (Å²) in [6.07, 6.45) is 1.66. The number of carbonyl (C=O) groups excluding carboxylic acids is 1. The van der Waals surface area contributed by atoms with Crippen molar-refractivity contribution in [2.24, 2.45) is 0 Å². The monoisotopic (exact) mass is 208 g/mol. The van der Waals surface area contributed by atoms with Gasteiger partial charge in [0, 0.05) is 6.20 Å². The van der Waals surface area contributed by atoms with Crippen molar-refractivity contribution in [3.05, 3.63) is 24.4 Å². The molecule has 1 amide bonds. The van der Waals surface area contributed by atoms with Gasteiger partial charge in [-0.15, -0.1) is 0 Å². The summed E-state index contributed by atoms with van der Waals surface area (Å²) in [5.74, 6) is 0.546. The molecule has 6 heteroatoms. The van der Waals surface area contributed by atoms with Crippen LogP contribution < -0.4 is 10.7 Å². The summed E-state index contributed by atoms with van der Waals surface area (Å²) in [5.41, 5.74) is 2.92. The molecule has 0 bridgehead atoms. The Balaban J connectivity index is 2.05. The number of nitrogens with one attached hydrogen (secondary N) is 2. The Morgan fingerprint density at radius 1 is 1.57 bits per heavy atom. The highest BCUT2D eigenvalue weighted by Gasteiger charge is 2.23. The third-order valence-corrected chi connectivity index (χ3v) is 2.03. The van der Waals surface area contributed by atoms with E-state index in [1.165, 1.54) is 0 Å². The van der Waals surface area contributed by atoms with Gasteiger partial charge >= 0.3 is 0 Å². The van der Waals surface area contributed by atoms with E-state index in [2.05, 4.69) is 15.7 Å². The van der Waals surface area contributed by atoms with Gasteiger partial charge < -0.3 is 0 Å². The number of rotatable bonds is 2. The molecule has 0 unspecified atom stereocenters. The zero-order valence-electron chi connectivity index (χ0n) is 7.23. The van der Waals surface area contributed by atoms with Crippen LogP contribution >= 0.6 is 12.2 Å². The van der Waals surface area contributed by atoms with Crippen molar-refractivity contribution < 1.29 is 4.79 Å². The van der Waals surface area contributed by atoms with E-state index in [1.807, 2.05) is 12.1 Å². The van der Waals surface area contributed by atoms with Crippen molar-refractivity contribution in [1.29, 1.82) is 0 Å². The molecule has 0 atom stereocenters. The van der Waals surface area contributed by atoms with Crippen molar-refractivity contribution in [3.8, 4) is 0 Å². The van der Waals surface area contributed by atoms with Gasteiger partial charge in [0.05, 0.1) is 0 Å². The van der Waals surface area contributed by atoms with Crippen LogP contribution in [0.15, 0.2) is 24.4 Å². The molecule has 0 saturated carbocycles. The van der Waals surface area contributed by atoms with Crippen molar-refractivity contribution in [2.45, 2.75) is 0 Å². The van der Waals surface area contributed by atoms with E-state index in [0.29, 0.717) is 10.9 Å². The third-order valence-electron chi connectivity index (χ3n) is 1.71. The zero-order chi connectivity index (χ0) is 9.97. The van der Waals surface area contributed by atoms with Gasteiger partial charge in [0.1, 0.15) is 12.4 Å². The highest BCUT2D eigenvalue weighted by molar-refractivity contribution is 7.80. The van der Waals surface area contributed by atoms with Crippen molar-refractivity contribution in [2.75, 3.05) is 12.0 Å². The number of hydrogen-bond donors (Lipinski definition) is 2. The summed E-state index contributed by atoms with van der Waals surface area (Å²) in [4.78, 5) is 15.0. The Kier molecular flexibility index (Phi) is 2.28. The average molecular weight is 208 g/mol. The minimum Gasteiger partial charge on any atom is -0.300 e. The van der Waals surface area contributed by atoms with Crippen molar-refractivity contribution in [1.82, 2.24) is 15.3 Å². The number of nitrogens with zero attached hydrogens (tertiary/aromatic N) is 2. The molecule has 1 aromatic heterocycles. The number of pyridine rings is 1. The number of thiocarbonyl (C=S) groups is 1. The fourth-order valence-electron chi connectivity index (χ4n) is 1.10. The molecule has 14 heavy (non-hydrogen) atoms. The first-order chi connectivity index (χ1) is 6.75. The lowest BCUT2D eigenvalue weighted by molar-refractivity contribution is -0.118. The Morgan fingerprint density at radius 2 is 2.43 bits per heavy atom. The molecule has 1 fully saturated rings. The van der Waals surface area contributed by atoms with Crippen LogP contribution in [0.25, 0.3) is 0 Å². The molecule has 1 aliphatic rings. The quantitative estimate of drug-likeness (QED) is 0.676. The second-order valence-electron chi connectivity index (χ2n) is 2.77. The summed E-state index contributed by atoms with van der Waals surface area (Å²) >= 11 is 4.92. The highest BCUT2D eigenvalue weighted by Crippen LogP contribution is 2.04. The molecule has 2 N–H and O–H groups in total.